The fourth-order valence-electron chi connectivity index (χ4n) is 2.02. The van der Waals surface area contributed by atoms with Gasteiger partial charge in [-0.1, -0.05) is 48.0 Å². The number of rotatable bonds is 7. The van der Waals surface area contributed by atoms with Crippen LogP contribution in [-0.2, 0) is 4.79 Å². The highest BCUT2D eigenvalue weighted by Crippen LogP contribution is 2.15. The van der Waals surface area contributed by atoms with Crippen molar-refractivity contribution in [3.63, 3.8) is 0 Å². The number of aliphatic hydroxyl groups excluding tert-OH is 1. The summed E-state index contributed by atoms with van der Waals surface area (Å²) in [6.07, 6.45) is -0.0974. The average molecular weight is 299 g/mol. The minimum Gasteiger partial charge on any atom is -0.484 e. The molecular weight excluding hydrogens is 278 g/mol. The lowest BCUT2D eigenvalue weighted by molar-refractivity contribution is -0.123. The lowest BCUT2D eigenvalue weighted by Gasteiger charge is -2.12. The molecule has 0 aliphatic carbocycles. The third-order valence-electron chi connectivity index (χ3n) is 3.32. The molecule has 22 heavy (non-hydrogen) atoms. The molecule has 2 rings (SSSR count). The molecule has 0 bridgehead atoms. The maximum atomic E-state index is 11.7. The summed E-state index contributed by atoms with van der Waals surface area (Å²) in [7, 11) is 0. The van der Waals surface area contributed by atoms with Gasteiger partial charge in [0.1, 0.15) is 5.75 Å². The fourth-order valence-corrected chi connectivity index (χ4v) is 2.02. The molecule has 0 heterocycles. The van der Waals surface area contributed by atoms with Crippen LogP contribution in [0.5, 0.6) is 5.75 Å². The van der Waals surface area contributed by atoms with E-state index in [1.807, 2.05) is 61.5 Å². The summed E-state index contributed by atoms with van der Waals surface area (Å²) in [4.78, 5) is 11.7. The number of benzene rings is 2. The number of carbonyl (C=O) groups is 1. The van der Waals surface area contributed by atoms with E-state index in [1.54, 1.807) is 0 Å². The van der Waals surface area contributed by atoms with Crippen LogP contribution in [0.4, 0.5) is 0 Å². The Hall–Kier alpha value is -2.33. The van der Waals surface area contributed by atoms with Crippen LogP contribution < -0.4 is 10.1 Å². The molecule has 0 spiro atoms. The molecule has 0 saturated carbocycles. The summed E-state index contributed by atoms with van der Waals surface area (Å²) in [6, 6.07) is 16.9. The van der Waals surface area contributed by atoms with Crippen LogP contribution in [0.2, 0.25) is 0 Å². The second-order valence-corrected chi connectivity index (χ2v) is 5.17. The van der Waals surface area contributed by atoms with Crippen LogP contribution in [0.15, 0.2) is 54.6 Å². The van der Waals surface area contributed by atoms with Crippen LogP contribution in [-0.4, -0.2) is 24.2 Å². The van der Waals surface area contributed by atoms with Crippen molar-refractivity contribution in [1.82, 2.24) is 5.32 Å². The van der Waals surface area contributed by atoms with Crippen molar-refractivity contribution in [2.24, 2.45) is 0 Å². The summed E-state index contributed by atoms with van der Waals surface area (Å²) < 4.78 is 5.39. The predicted molar refractivity (Wildman–Crippen MR) is 85.7 cm³/mol. The number of nitrogens with one attached hydrogen (secondary N) is 1. The zero-order chi connectivity index (χ0) is 15.8. The quantitative estimate of drug-likeness (QED) is 0.826. The normalized spacial score (nSPS) is 11.7. The highest BCUT2D eigenvalue weighted by atomic mass is 16.5. The number of carbonyl (C=O) groups excluding carboxylic acids is 1. The van der Waals surface area contributed by atoms with E-state index in [2.05, 4.69) is 5.32 Å². The largest absolute Gasteiger partial charge is 0.484 e. The van der Waals surface area contributed by atoms with Crippen LogP contribution in [0.3, 0.4) is 0 Å². The van der Waals surface area contributed by atoms with Gasteiger partial charge in [0, 0.05) is 6.54 Å². The summed E-state index contributed by atoms with van der Waals surface area (Å²) in [6.45, 7) is 2.38. The zero-order valence-electron chi connectivity index (χ0n) is 12.7. The van der Waals surface area contributed by atoms with Gasteiger partial charge in [-0.25, -0.2) is 0 Å². The molecule has 4 nitrogen and oxygen atoms in total. The molecule has 0 saturated heterocycles. The molecule has 0 radical (unpaired) electrons. The maximum Gasteiger partial charge on any atom is 0.257 e. The Balaban J connectivity index is 1.66. The highest BCUT2D eigenvalue weighted by molar-refractivity contribution is 5.77. The summed E-state index contributed by atoms with van der Waals surface area (Å²) in [5, 5.41) is 12.7. The van der Waals surface area contributed by atoms with Crippen molar-refractivity contribution in [3.8, 4) is 5.75 Å². The first-order valence-electron chi connectivity index (χ1n) is 7.34. The first-order chi connectivity index (χ1) is 10.6. The van der Waals surface area contributed by atoms with E-state index in [0.29, 0.717) is 18.7 Å². The van der Waals surface area contributed by atoms with E-state index >= 15 is 0 Å². The van der Waals surface area contributed by atoms with E-state index in [-0.39, 0.29) is 12.5 Å². The van der Waals surface area contributed by atoms with Crippen molar-refractivity contribution in [3.05, 3.63) is 65.7 Å². The first kappa shape index (κ1) is 16.0. The minimum absolute atomic E-state index is 0.0233. The van der Waals surface area contributed by atoms with Gasteiger partial charge in [-0.2, -0.15) is 0 Å². The molecule has 2 aromatic carbocycles. The second-order valence-electron chi connectivity index (χ2n) is 5.17. The van der Waals surface area contributed by atoms with Crippen LogP contribution in [0, 0.1) is 6.92 Å². The third-order valence-corrected chi connectivity index (χ3v) is 3.32. The predicted octanol–water partition coefficient (Wildman–Crippen LogP) is 2.61. The molecule has 0 unspecified atom stereocenters. The van der Waals surface area contributed by atoms with E-state index in [4.69, 9.17) is 4.74 Å². The first-order valence-corrected chi connectivity index (χ1v) is 7.34. The molecule has 0 fully saturated rings. The number of aryl methyl sites for hydroxylation is 1. The SMILES string of the molecule is Cc1ccc(OCC(=O)NCC[C@@H](O)c2ccccc2)cc1. The highest BCUT2D eigenvalue weighted by Gasteiger charge is 2.08. The third kappa shape index (κ3) is 5.22. The Bertz CT molecular complexity index is 581. The smallest absolute Gasteiger partial charge is 0.257 e. The van der Waals surface area contributed by atoms with Gasteiger partial charge in [-0.05, 0) is 31.0 Å². The van der Waals surface area contributed by atoms with Crippen molar-refractivity contribution in [2.75, 3.05) is 13.2 Å². The van der Waals surface area contributed by atoms with Gasteiger partial charge in [0.25, 0.3) is 5.91 Å². The van der Waals surface area contributed by atoms with Gasteiger partial charge >= 0.3 is 0 Å². The molecule has 2 aromatic rings. The average Bonchev–Trinajstić information content (AvgIpc) is 2.55. The van der Waals surface area contributed by atoms with Gasteiger partial charge in [-0.3, -0.25) is 4.79 Å². The Kier molecular flexibility index (Phi) is 5.98. The Morgan fingerprint density at radius 2 is 1.82 bits per heavy atom. The topological polar surface area (TPSA) is 58.6 Å². The number of hydrogen-bond acceptors (Lipinski definition) is 3. The molecule has 4 heteroatoms. The Labute approximate surface area is 130 Å². The maximum absolute atomic E-state index is 11.7. The Morgan fingerprint density at radius 3 is 2.50 bits per heavy atom. The van der Waals surface area contributed by atoms with Crippen LogP contribution >= 0.6 is 0 Å². The molecule has 116 valence electrons. The molecule has 0 aliphatic rings. The number of aliphatic hydroxyl groups is 1. The summed E-state index contributed by atoms with van der Waals surface area (Å²) >= 11 is 0. The zero-order valence-corrected chi connectivity index (χ0v) is 12.7. The lowest BCUT2D eigenvalue weighted by atomic mass is 10.1. The molecule has 1 atom stereocenters. The van der Waals surface area contributed by atoms with Crippen LogP contribution in [0.25, 0.3) is 0 Å². The van der Waals surface area contributed by atoms with Crippen molar-refractivity contribution in [2.45, 2.75) is 19.4 Å². The molecule has 0 aliphatic heterocycles. The second kappa shape index (κ2) is 8.20. The summed E-state index contributed by atoms with van der Waals surface area (Å²) in [5.74, 6) is 0.478. The fraction of sp³-hybridized carbons (Fsp3) is 0.278. The van der Waals surface area contributed by atoms with Gasteiger partial charge < -0.3 is 15.2 Å². The van der Waals surface area contributed by atoms with Crippen molar-refractivity contribution < 1.29 is 14.6 Å². The number of hydrogen-bond donors (Lipinski definition) is 2. The van der Waals surface area contributed by atoms with Crippen molar-refractivity contribution >= 4 is 5.91 Å². The minimum atomic E-state index is -0.570. The van der Waals surface area contributed by atoms with Gasteiger partial charge in [0.15, 0.2) is 6.61 Å². The van der Waals surface area contributed by atoms with Crippen molar-refractivity contribution in [1.29, 1.82) is 0 Å². The van der Waals surface area contributed by atoms with Gasteiger partial charge in [-0.15, -0.1) is 0 Å². The number of ether oxygens (including phenoxy) is 1. The van der Waals surface area contributed by atoms with E-state index in [9.17, 15) is 9.90 Å². The molecule has 2 N–H and O–H groups in total. The Morgan fingerprint density at radius 1 is 1.14 bits per heavy atom. The molecule has 1 amide bonds. The molecular formula is C18H21NO3. The van der Waals surface area contributed by atoms with Gasteiger partial charge in [0.05, 0.1) is 6.10 Å². The molecule has 0 aromatic heterocycles. The van der Waals surface area contributed by atoms with Gasteiger partial charge in [0.2, 0.25) is 0 Å². The number of amides is 1. The van der Waals surface area contributed by atoms with Crippen LogP contribution in [0.1, 0.15) is 23.7 Å². The van der Waals surface area contributed by atoms with E-state index in [1.165, 1.54) is 0 Å². The van der Waals surface area contributed by atoms with E-state index < -0.39 is 6.10 Å². The lowest BCUT2D eigenvalue weighted by Crippen LogP contribution is -2.30. The van der Waals surface area contributed by atoms with E-state index in [0.717, 1.165) is 11.1 Å². The monoisotopic (exact) mass is 299 g/mol. The summed E-state index contributed by atoms with van der Waals surface area (Å²) in [5.41, 5.74) is 2.00. The standard InChI is InChI=1S/C18H21NO3/c1-14-7-9-16(10-8-14)22-13-18(21)19-12-11-17(20)15-5-3-2-4-6-15/h2-10,17,20H,11-13H2,1H3,(H,19,21)/t17-/m1/s1.